The highest BCUT2D eigenvalue weighted by Crippen LogP contribution is 2.38. The van der Waals surface area contributed by atoms with E-state index in [1.165, 1.54) is 49.5 Å². The molecule has 8 heteroatoms. The molecule has 4 rings (SSSR count). The maximum atomic E-state index is 13.7. The third-order valence-electron chi connectivity index (χ3n) is 8.36. The summed E-state index contributed by atoms with van der Waals surface area (Å²) >= 11 is 0. The number of hydrogen-bond donors (Lipinski definition) is 0. The molecule has 1 fully saturated rings. The second kappa shape index (κ2) is 17.2. The van der Waals surface area contributed by atoms with E-state index in [0.29, 0.717) is 25.1 Å². The third kappa shape index (κ3) is 9.33. The number of carbonyl (C=O) groups excluding carboxylic acids is 3. The number of Topliss-reactive ketones (excluding diaryl/α,β-unsaturated/α-hetero) is 1. The normalized spacial score (nSPS) is 15.2. The van der Waals surface area contributed by atoms with Crippen molar-refractivity contribution in [3.8, 4) is 17.2 Å². The number of amides is 1. The van der Waals surface area contributed by atoms with E-state index in [0.717, 1.165) is 51.4 Å². The summed E-state index contributed by atoms with van der Waals surface area (Å²) in [4.78, 5) is 42.1. The van der Waals surface area contributed by atoms with Gasteiger partial charge in [-0.1, -0.05) is 60.7 Å². The van der Waals surface area contributed by atoms with Crippen molar-refractivity contribution in [1.82, 2.24) is 4.90 Å². The van der Waals surface area contributed by atoms with Crippen molar-refractivity contribution in [1.29, 1.82) is 0 Å². The van der Waals surface area contributed by atoms with Crippen molar-refractivity contribution in [2.45, 2.75) is 76.4 Å². The number of aryl methyl sites for hydroxylation is 2. The van der Waals surface area contributed by atoms with Gasteiger partial charge in [-0.2, -0.15) is 0 Å². The number of benzene rings is 3. The SMILES string of the molecule is COc1cc(C(=O)C(=O)N2CCCC[C@H]2C(=O)O[C@@H](CCCCc2ccccc2)CCCc2ccccc2)cc(OC)c1OC. The van der Waals surface area contributed by atoms with Gasteiger partial charge in [0.15, 0.2) is 11.5 Å². The smallest absolute Gasteiger partial charge is 0.329 e. The molecule has 0 bridgehead atoms. The highest BCUT2D eigenvalue weighted by molar-refractivity contribution is 6.43. The molecule has 0 saturated carbocycles. The lowest BCUT2D eigenvalue weighted by Crippen LogP contribution is -2.51. The summed E-state index contributed by atoms with van der Waals surface area (Å²) in [5.41, 5.74) is 2.65. The Morgan fingerprint density at radius 2 is 1.33 bits per heavy atom. The van der Waals surface area contributed by atoms with E-state index in [9.17, 15) is 14.4 Å². The summed E-state index contributed by atoms with van der Waals surface area (Å²) < 4.78 is 22.2. The van der Waals surface area contributed by atoms with E-state index in [2.05, 4.69) is 24.3 Å². The zero-order chi connectivity index (χ0) is 32.0. The van der Waals surface area contributed by atoms with Crippen molar-refractivity contribution in [3.63, 3.8) is 0 Å². The quantitative estimate of drug-likeness (QED) is 0.0774. The van der Waals surface area contributed by atoms with Crippen molar-refractivity contribution < 1.29 is 33.3 Å². The fourth-order valence-electron chi connectivity index (χ4n) is 5.92. The number of methoxy groups -OCH3 is 3. The van der Waals surface area contributed by atoms with E-state index in [1.54, 1.807) is 0 Å². The number of rotatable bonds is 16. The average molecular weight is 616 g/mol. The van der Waals surface area contributed by atoms with Crippen LogP contribution >= 0.6 is 0 Å². The molecule has 0 N–H and O–H groups in total. The van der Waals surface area contributed by atoms with Gasteiger partial charge in [-0.15, -0.1) is 0 Å². The summed E-state index contributed by atoms with van der Waals surface area (Å²) in [5, 5.41) is 0. The molecule has 240 valence electrons. The van der Waals surface area contributed by atoms with Gasteiger partial charge < -0.3 is 23.8 Å². The lowest BCUT2D eigenvalue weighted by molar-refractivity contribution is -0.161. The van der Waals surface area contributed by atoms with Crippen molar-refractivity contribution >= 4 is 17.7 Å². The van der Waals surface area contributed by atoms with Crippen molar-refractivity contribution in [2.75, 3.05) is 27.9 Å². The maximum absolute atomic E-state index is 13.7. The Hall–Kier alpha value is -4.33. The zero-order valence-electron chi connectivity index (χ0n) is 26.7. The molecule has 1 saturated heterocycles. The molecule has 2 atom stereocenters. The number of esters is 1. The lowest BCUT2D eigenvalue weighted by atomic mass is 9.99. The minimum atomic E-state index is -0.807. The molecule has 0 aliphatic carbocycles. The number of unbranched alkanes of at least 4 members (excludes halogenated alkanes) is 1. The van der Waals surface area contributed by atoms with Crippen LogP contribution < -0.4 is 14.2 Å². The van der Waals surface area contributed by atoms with Gasteiger partial charge in [-0.25, -0.2) is 4.79 Å². The Labute approximate surface area is 266 Å². The molecule has 0 spiro atoms. The van der Waals surface area contributed by atoms with Crippen LogP contribution in [0.5, 0.6) is 17.2 Å². The first-order valence-electron chi connectivity index (χ1n) is 15.9. The molecule has 0 unspecified atom stereocenters. The fourth-order valence-corrected chi connectivity index (χ4v) is 5.92. The van der Waals surface area contributed by atoms with Crippen LogP contribution in [-0.2, 0) is 27.2 Å². The molecule has 8 nitrogen and oxygen atoms in total. The van der Waals surface area contributed by atoms with Gasteiger partial charge in [-0.3, -0.25) is 9.59 Å². The van der Waals surface area contributed by atoms with E-state index < -0.39 is 23.7 Å². The molecule has 1 amide bonds. The topological polar surface area (TPSA) is 91.4 Å². The number of nitrogens with zero attached hydrogens (tertiary/aromatic N) is 1. The number of likely N-dealkylation sites (tertiary alicyclic amines) is 1. The van der Waals surface area contributed by atoms with Crippen LogP contribution in [0.3, 0.4) is 0 Å². The molecule has 1 aliphatic rings. The second-order valence-electron chi connectivity index (χ2n) is 11.4. The predicted octanol–water partition coefficient (Wildman–Crippen LogP) is 6.62. The number of piperidine rings is 1. The fraction of sp³-hybridized carbons (Fsp3) is 0.432. The summed E-state index contributed by atoms with van der Waals surface area (Å²) in [6.45, 7) is 0.310. The molecule has 3 aromatic rings. The standard InChI is InChI=1S/C37H45NO7/c1-42-32-25-29(26-33(43-2)35(32)44-3)34(39)36(40)38-24-13-12-23-31(38)37(41)45-30(22-14-20-28-17-8-5-9-18-28)21-11-10-19-27-15-6-4-7-16-27/h4-9,15-18,25-26,30-31H,10-14,19-24H2,1-3H3/t30-,31-/m0/s1. The monoisotopic (exact) mass is 615 g/mol. The predicted molar refractivity (Wildman–Crippen MR) is 173 cm³/mol. The summed E-state index contributed by atoms with van der Waals surface area (Å²) in [7, 11) is 4.36. The number of ether oxygens (including phenoxy) is 4. The zero-order valence-corrected chi connectivity index (χ0v) is 26.7. The van der Waals surface area contributed by atoms with Gasteiger partial charge in [0.25, 0.3) is 11.7 Å². The first-order chi connectivity index (χ1) is 21.9. The Morgan fingerprint density at radius 1 is 0.756 bits per heavy atom. The second-order valence-corrected chi connectivity index (χ2v) is 11.4. The molecular weight excluding hydrogens is 570 g/mol. The number of hydrogen-bond acceptors (Lipinski definition) is 7. The summed E-state index contributed by atoms with van der Waals surface area (Å²) in [6, 6.07) is 22.8. The maximum Gasteiger partial charge on any atom is 0.329 e. The van der Waals surface area contributed by atoms with Crippen LogP contribution in [0.2, 0.25) is 0 Å². The summed E-state index contributed by atoms with van der Waals surface area (Å²) in [5.74, 6) is -1.05. The first-order valence-corrected chi connectivity index (χ1v) is 15.9. The van der Waals surface area contributed by atoms with E-state index >= 15 is 0 Å². The van der Waals surface area contributed by atoms with E-state index in [-0.39, 0.29) is 23.2 Å². The minimum absolute atomic E-state index is 0.101. The van der Waals surface area contributed by atoms with E-state index in [1.807, 2.05) is 36.4 Å². The Morgan fingerprint density at radius 3 is 1.91 bits per heavy atom. The highest BCUT2D eigenvalue weighted by Gasteiger charge is 2.37. The van der Waals surface area contributed by atoms with Gasteiger partial charge >= 0.3 is 5.97 Å². The van der Waals surface area contributed by atoms with Gasteiger partial charge in [0.05, 0.1) is 21.3 Å². The molecule has 1 aliphatic heterocycles. The molecular formula is C37H45NO7. The van der Waals surface area contributed by atoms with Gasteiger partial charge in [-0.05, 0) is 87.5 Å². The molecule has 1 heterocycles. The van der Waals surface area contributed by atoms with Crippen LogP contribution in [0, 0.1) is 0 Å². The Bertz CT molecular complexity index is 1370. The largest absolute Gasteiger partial charge is 0.493 e. The first kappa shape index (κ1) is 33.6. The van der Waals surface area contributed by atoms with Crippen LogP contribution in [0.15, 0.2) is 72.8 Å². The van der Waals surface area contributed by atoms with Crippen molar-refractivity contribution in [2.24, 2.45) is 0 Å². The van der Waals surface area contributed by atoms with E-state index in [4.69, 9.17) is 18.9 Å². The van der Waals surface area contributed by atoms with Crippen LogP contribution in [0.1, 0.15) is 72.9 Å². The highest BCUT2D eigenvalue weighted by atomic mass is 16.5. The molecule has 45 heavy (non-hydrogen) atoms. The number of ketones is 1. The Balaban J connectivity index is 1.43. The molecule has 3 aromatic carbocycles. The van der Waals surface area contributed by atoms with Crippen LogP contribution in [0.25, 0.3) is 0 Å². The minimum Gasteiger partial charge on any atom is -0.493 e. The van der Waals surface area contributed by atoms with Gasteiger partial charge in [0.1, 0.15) is 12.1 Å². The van der Waals surface area contributed by atoms with Crippen molar-refractivity contribution in [3.05, 3.63) is 89.5 Å². The number of carbonyl (C=O) groups is 3. The molecule has 0 radical (unpaired) electrons. The lowest BCUT2D eigenvalue weighted by Gasteiger charge is -2.34. The van der Waals surface area contributed by atoms with Gasteiger partial charge in [0, 0.05) is 12.1 Å². The van der Waals surface area contributed by atoms with Gasteiger partial charge in [0.2, 0.25) is 5.75 Å². The van der Waals surface area contributed by atoms with Crippen LogP contribution in [0.4, 0.5) is 0 Å². The average Bonchev–Trinajstić information content (AvgIpc) is 3.09. The summed E-state index contributed by atoms with van der Waals surface area (Å²) in [6.07, 6.45) is 7.83. The third-order valence-corrected chi connectivity index (χ3v) is 8.36. The van der Waals surface area contributed by atoms with Crippen LogP contribution in [-0.4, -0.2) is 62.6 Å². The Kier molecular flexibility index (Phi) is 12.9. The molecule has 0 aromatic heterocycles.